The van der Waals surface area contributed by atoms with Gasteiger partial charge in [0.05, 0.1) is 12.4 Å². The Morgan fingerprint density at radius 3 is 2.67 bits per heavy atom. The lowest BCUT2D eigenvalue weighted by Crippen LogP contribution is -2.21. The first-order valence-electron chi connectivity index (χ1n) is 6.88. The summed E-state index contributed by atoms with van der Waals surface area (Å²) in [6.07, 6.45) is 0.600. The number of benzene rings is 2. The van der Waals surface area contributed by atoms with E-state index in [0.29, 0.717) is 23.8 Å². The van der Waals surface area contributed by atoms with Gasteiger partial charge in [0.15, 0.2) is 0 Å². The average Bonchev–Trinajstić information content (AvgIpc) is 2.46. The van der Waals surface area contributed by atoms with E-state index in [1.807, 2.05) is 55.5 Å². The number of aliphatic imine (C=N–C) groups is 1. The summed E-state index contributed by atoms with van der Waals surface area (Å²) in [5, 5.41) is 0.659. The third kappa shape index (κ3) is 5.48. The predicted octanol–water partition coefficient (Wildman–Crippen LogP) is 3.71. The van der Waals surface area contributed by atoms with Gasteiger partial charge >= 0.3 is 0 Å². The number of nitrogens with zero attached hydrogens (tertiary/aromatic N) is 1. The van der Waals surface area contributed by atoms with E-state index in [4.69, 9.17) is 22.1 Å². The van der Waals surface area contributed by atoms with Crippen LogP contribution in [0.25, 0.3) is 0 Å². The van der Waals surface area contributed by atoms with Gasteiger partial charge < -0.3 is 10.5 Å². The number of hydrogen-bond acceptors (Lipinski definition) is 2. The molecule has 1 atom stereocenters. The second-order valence-corrected chi connectivity index (χ2v) is 5.32. The molecule has 21 heavy (non-hydrogen) atoms. The lowest BCUT2D eigenvalue weighted by atomic mass is 10.1. The van der Waals surface area contributed by atoms with Crippen molar-refractivity contribution >= 4 is 17.4 Å². The standard InChI is InChI=1S/C17H19ClN2O/c1-13(21-16-9-5-8-15(18)11-16)12-20-17(19)10-14-6-3-2-4-7-14/h2-9,11,13H,10,12H2,1H3,(H2,19,20). The van der Waals surface area contributed by atoms with Gasteiger partial charge in [0.25, 0.3) is 0 Å². The van der Waals surface area contributed by atoms with Crippen LogP contribution in [0.3, 0.4) is 0 Å². The maximum absolute atomic E-state index is 5.94. The third-order valence-corrected chi connectivity index (χ3v) is 3.15. The number of ether oxygens (including phenoxy) is 1. The van der Waals surface area contributed by atoms with Gasteiger partial charge in [-0.15, -0.1) is 0 Å². The number of halogens is 1. The summed E-state index contributed by atoms with van der Waals surface area (Å²) in [4.78, 5) is 4.37. The molecule has 0 aliphatic rings. The van der Waals surface area contributed by atoms with Gasteiger partial charge in [-0.2, -0.15) is 0 Å². The highest BCUT2D eigenvalue weighted by Crippen LogP contribution is 2.18. The second-order valence-electron chi connectivity index (χ2n) is 4.88. The van der Waals surface area contributed by atoms with Gasteiger partial charge in [-0.1, -0.05) is 48.0 Å². The van der Waals surface area contributed by atoms with E-state index in [0.717, 1.165) is 11.3 Å². The van der Waals surface area contributed by atoms with E-state index in [1.165, 1.54) is 0 Å². The Kier molecular flexibility index (Phi) is 5.64. The normalized spacial score (nSPS) is 13.0. The summed E-state index contributed by atoms with van der Waals surface area (Å²) in [7, 11) is 0. The molecule has 0 bridgehead atoms. The minimum Gasteiger partial charge on any atom is -0.489 e. The summed E-state index contributed by atoms with van der Waals surface area (Å²) in [6.45, 7) is 2.48. The maximum Gasteiger partial charge on any atom is 0.121 e. The van der Waals surface area contributed by atoms with Crippen LogP contribution in [-0.2, 0) is 6.42 Å². The fraction of sp³-hybridized carbons (Fsp3) is 0.235. The van der Waals surface area contributed by atoms with Gasteiger partial charge in [-0.3, -0.25) is 4.99 Å². The lowest BCUT2D eigenvalue weighted by molar-refractivity contribution is 0.230. The van der Waals surface area contributed by atoms with Crippen molar-refractivity contribution in [2.45, 2.75) is 19.4 Å². The Balaban J connectivity index is 1.85. The SMILES string of the molecule is CC(CN=C(N)Cc1ccccc1)Oc1cccc(Cl)c1. The van der Waals surface area contributed by atoms with Crippen LogP contribution >= 0.6 is 11.6 Å². The fourth-order valence-corrected chi connectivity index (χ4v) is 2.10. The van der Waals surface area contributed by atoms with Crippen molar-refractivity contribution in [1.82, 2.24) is 0 Å². The fourth-order valence-electron chi connectivity index (χ4n) is 1.92. The van der Waals surface area contributed by atoms with E-state index in [-0.39, 0.29) is 6.10 Å². The predicted molar refractivity (Wildman–Crippen MR) is 88.2 cm³/mol. The molecular weight excluding hydrogens is 284 g/mol. The van der Waals surface area contributed by atoms with Crippen LogP contribution in [0.15, 0.2) is 59.6 Å². The minimum atomic E-state index is -0.0576. The summed E-state index contributed by atoms with van der Waals surface area (Å²) < 4.78 is 5.75. The average molecular weight is 303 g/mol. The van der Waals surface area contributed by atoms with Gasteiger partial charge in [0.2, 0.25) is 0 Å². The number of amidine groups is 1. The van der Waals surface area contributed by atoms with Gasteiger partial charge in [0, 0.05) is 11.4 Å². The van der Waals surface area contributed by atoms with E-state index in [1.54, 1.807) is 6.07 Å². The molecule has 110 valence electrons. The molecule has 0 spiro atoms. The number of hydrogen-bond donors (Lipinski definition) is 1. The van der Waals surface area contributed by atoms with Crippen molar-refractivity contribution in [2.24, 2.45) is 10.7 Å². The van der Waals surface area contributed by atoms with Crippen molar-refractivity contribution in [3.8, 4) is 5.75 Å². The largest absolute Gasteiger partial charge is 0.489 e. The van der Waals surface area contributed by atoms with E-state index in [9.17, 15) is 0 Å². The zero-order valence-corrected chi connectivity index (χ0v) is 12.8. The summed E-state index contributed by atoms with van der Waals surface area (Å²) in [6, 6.07) is 17.4. The van der Waals surface area contributed by atoms with Crippen LogP contribution < -0.4 is 10.5 Å². The van der Waals surface area contributed by atoms with Gasteiger partial charge in [-0.05, 0) is 30.7 Å². The number of rotatable bonds is 6. The molecule has 2 N–H and O–H groups in total. The van der Waals surface area contributed by atoms with Crippen molar-refractivity contribution in [1.29, 1.82) is 0 Å². The highest BCUT2D eigenvalue weighted by atomic mass is 35.5. The molecular formula is C17H19ClN2O. The van der Waals surface area contributed by atoms with Crippen LogP contribution in [0.4, 0.5) is 0 Å². The molecule has 2 aromatic carbocycles. The molecule has 0 fully saturated rings. The molecule has 2 rings (SSSR count). The lowest BCUT2D eigenvalue weighted by Gasteiger charge is -2.13. The van der Waals surface area contributed by atoms with E-state index >= 15 is 0 Å². The van der Waals surface area contributed by atoms with Crippen LogP contribution in [0.2, 0.25) is 5.02 Å². The Morgan fingerprint density at radius 1 is 1.19 bits per heavy atom. The molecule has 0 saturated heterocycles. The monoisotopic (exact) mass is 302 g/mol. The molecule has 0 aliphatic heterocycles. The quantitative estimate of drug-likeness (QED) is 0.653. The molecule has 4 heteroatoms. The zero-order valence-electron chi connectivity index (χ0n) is 12.0. The van der Waals surface area contributed by atoms with Gasteiger partial charge in [-0.25, -0.2) is 0 Å². The van der Waals surface area contributed by atoms with Crippen LogP contribution in [-0.4, -0.2) is 18.5 Å². The highest BCUT2D eigenvalue weighted by molar-refractivity contribution is 6.30. The summed E-state index contributed by atoms with van der Waals surface area (Å²) in [5.74, 6) is 1.36. The third-order valence-electron chi connectivity index (χ3n) is 2.91. The van der Waals surface area contributed by atoms with Crippen LogP contribution in [0, 0.1) is 0 Å². The number of nitrogens with two attached hydrogens (primary N) is 1. The maximum atomic E-state index is 5.94. The Bertz CT molecular complexity index is 599. The first kappa shape index (κ1) is 15.4. The van der Waals surface area contributed by atoms with Crippen molar-refractivity contribution in [2.75, 3.05) is 6.54 Å². The van der Waals surface area contributed by atoms with Crippen molar-refractivity contribution in [3.05, 3.63) is 65.2 Å². The Morgan fingerprint density at radius 2 is 1.95 bits per heavy atom. The molecule has 0 saturated carbocycles. The van der Waals surface area contributed by atoms with Crippen molar-refractivity contribution < 1.29 is 4.74 Å². The van der Waals surface area contributed by atoms with Crippen molar-refractivity contribution in [3.63, 3.8) is 0 Å². The first-order valence-corrected chi connectivity index (χ1v) is 7.26. The van der Waals surface area contributed by atoms with Gasteiger partial charge in [0.1, 0.15) is 11.9 Å². The summed E-state index contributed by atoms with van der Waals surface area (Å²) >= 11 is 5.92. The smallest absolute Gasteiger partial charge is 0.121 e. The molecule has 0 amide bonds. The molecule has 3 nitrogen and oxygen atoms in total. The molecule has 0 heterocycles. The van der Waals surface area contributed by atoms with Crippen LogP contribution in [0.1, 0.15) is 12.5 Å². The molecule has 0 radical (unpaired) electrons. The Labute approximate surface area is 130 Å². The summed E-state index contributed by atoms with van der Waals surface area (Å²) in [5.41, 5.74) is 7.10. The zero-order chi connectivity index (χ0) is 15.1. The Hall–Kier alpha value is -2.00. The first-order chi connectivity index (χ1) is 10.1. The highest BCUT2D eigenvalue weighted by Gasteiger charge is 2.04. The molecule has 0 aromatic heterocycles. The minimum absolute atomic E-state index is 0.0576. The molecule has 1 unspecified atom stereocenters. The van der Waals surface area contributed by atoms with E-state index < -0.39 is 0 Å². The van der Waals surface area contributed by atoms with E-state index in [2.05, 4.69) is 4.99 Å². The second kappa shape index (κ2) is 7.70. The molecule has 2 aromatic rings. The van der Waals surface area contributed by atoms with Crippen LogP contribution in [0.5, 0.6) is 5.75 Å². The molecule has 0 aliphatic carbocycles. The topological polar surface area (TPSA) is 47.6 Å².